The Balaban J connectivity index is 3.09. The Morgan fingerprint density at radius 2 is 1.83 bits per heavy atom. The van der Waals surface area contributed by atoms with Gasteiger partial charge in [0, 0.05) is 35.6 Å². The van der Waals surface area contributed by atoms with Crippen molar-refractivity contribution in [2.24, 2.45) is 0 Å². The number of rotatable bonds is 8. The maximum absolute atomic E-state index is 12.7. The Bertz CT molecular complexity index is 704. The van der Waals surface area contributed by atoms with E-state index in [0.29, 0.717) is 0 Å². The van der Waals surface area contributed by atoms with Crippen LogP contribution in [0.25, 0.3) is 0 Å². The lowest BCUT2D eigenvalue weighted by Gasteiger charge is -2.26. The molecule has 0 saturated heterocycles. The van der Waals surface area contributed by atoms with Gasteiger partial charge in [0.15, 0.2) is 0 Å². The van der Waals surface area contributed by atoms with Gasteiger partial charge >= 0.3 is 5.97 Å². The molecule has 1 aromatic carbocycles. The summed E-state index contributed by atoms with van der Waals surface area (Å²) in [7, 11) is -4.03. The Labute approximate surface area is 150 Å². The highest BCUT2D eigenvalue weighted by atomic mass is 35.5. The summed E-state index contributed by atoms with van der Waals surface area (Å²) in [4.78, 5) is 22.2. The molecule has 0 aliphatic heterocycles. The van der Waals surface area contributed by atoms with E-state index in [9.17, 15) is 18.0 Å². The second-order valence-electron chi connectivity index (χ2n) is 5.06. The molecular weight excluding hydrogens is 379 g/mol. The van der Waals surface area contributed by atoms with Crippen LogP contribution in [0.2, 0.25) is 10.0 Å². The van der Waals surface area contributed by atoms with Gasteiger partial charge in [0.05, 0.1) is 5.75 Å². The Morgan fingerprint density at radius 3 is 2.29 bits per heavy atom. The fraction of sp³-hybridized carbons (Fsp3) is 0.429. The predicted molar refractivity (Wildman–Crippen MR) is 91.6 cm³/mol. The lowest BCUT2D eigenvalue weighted by Crippen LogP contribution is -2.47. The fourth-order valence-electron chi connectivity index (χ4n) is 1.97. The first kappa shape index (κ1) is 20.7. The number of hydrogen-bond donors (Lipinski definition) is 2. The van der Waals surface area contributed by atoms with E-state index in [4.69, 9.17) is 28.3 Å². The van der Waals surface area contributed by atoms with Gasteiger partial charge in [-0.2, -0.15) is 4.31 Å². The molecule has 134 valence electrons. The topological polar surface area (TPSA) is 104 Å². The molecule has 2 N–H and O–H groups in total. The number of carboxylic acids is 1. The third-order valence-corrected chi connectivity index (χ3v) is 5.82. The van der Waals surface area contributed by atoms with Gasteiger partial charge in [0.1, 0.15) is 6.04 Å². The first-order chi connectivity index (χ1) is 11.1. The summed E-state index contributed by atoms with van der Waals surface area (Å²) < 4.78 is 26.1. The van der Waals surface area contributed by atoms with E-state index < -0.39 is 27.8 Å². The minimum Gasteiger partial charge on any atom is -0.480 e. The third-order valence-electron chi connectivity index (χ3n) is 3.24. The molecule has 7 nitrogen and oxygen atoms in total. The van der Waals surface area contributed by atoms with Crippen LogP contribution in [0.4, 0.5) is 0 Å². The molecule has 1 aromatic rings. The van der Waals surface area contributed by atoms with Gasteiger partial charge in [-0.05, 0) is 19.1 Å². The molecule has 0 aliphatic rings. The number of halogens is 2. The lowest BCUT2D eigenvalue weighted by molar-refractivity contribution is -0.140. The molecule has 1 amide bonds. The summed E-state index contributed by atoms with van der Waals surface area (Å²) in [5.41, 5.74) is 0.197. The maximum atomic E-state index is 12.7. The highest BCUT2D eigenvalue weighted by Gasteiger charge is 2.32. The van der Waals surface area contributed by atoms with Crippen molar-refractivity contribution < 1.29 is 23.1 Å². The van der Waals surface area contributed by atoms with Crippen LogP contribution in [0, 0.1) is 0 Å². The van der Waals surface area contributed by atoms with Crippen molar-refractivity contribution in [3.8, 4) is 0 Å². The molecular formula is C14H18Cl2N2O5S. The molecule has 24 heavy (non-hydrogen) atoms. The van der Waals surface area contributed by atoms with Crippen molar-refractivity contribution in [3.63, 3.8) is 0 Å². The minimum absolute atomic E-state index is 0.0115. The van der Waals surface area contributed by atoms with Gasteiger partial charge in [-0.3, -0.25) is 9.59 Å². The minimum atomic E-state index is -4.03. The molecule has 0 heterocycles. The van der Waals surface area contributed by atoms with E-state index in [2.05, 4.69) is 5.32 Å². The van der Waals surface area contributed by atoms with Gasteiger partial charge in [0.2, 0.25) is 15.9 Å². The Hall–Kier alpha value is -1.35. The van der Waals surface area contributed by atoms with Crippen molar-refractivity contribution in [1.82, 2.24) is 9.62 Å². The van der Waals surface area contributed by atoms with E-state index >= 15 is 0 Å². The standard InChI is InChI=1S/C14H18Cl2N2O5S/c1-9(14(20)21)18(7-6-17-10(2)19)24(22,23)8-11-12(15)4-3-5-13(11)16/h3-5,9H,6-8H2,1-2H3,(H,17,19)(H,20,21). The van der Waals surface area contributed by atoms with Crippen molar-refractivity contribution in [3.05, 3.63) is 33.8 Å². The number of aliphatic carboxylic acids is 1. The van der Waals surface area contributed by atoms with E-state index in [-0.39, 0.29) is 34.6 Å². The lowest BCUT2D eigenvalue weighted by atomic mass is 10.2. The molecule has 0 saturated carbocycles. The second kappa shape index (κ2) is 8.66. The third kappa shape index (κ3) is 5.62. The van der Waals surface area contributed by atoms with Crippen LogP contribution in [-0.2, 0) is 25.4 Å². The predicted octanol–water partition coefficient (Wildman–Crippen LogP) is 1.73. The molecule has 0 aliphatic carbocycles. The zero-order valence-corrected chi connectivity index (χ0v) is 15.5. The molecule has 0 spiro atoms. The molecule has 1 rings (SSSR count). The van der Waals surface area contributed by atoms with Crippen molar-refractivity contribution >= 4 is 45.1 Å². The molecule has 0 radical (unpaired) electrons. The summed E-state index contributed by atoms with van der Waals surface area (Å²) in [6.45, 7) is 2.34. The molecule has 10 heteroatoms. The van der Waals surface area contributed by atoms with Crippen LogP contribution in [0.1, 0.15) is 19.4 Å². The summed E-state index contributed by atoms with van der Waals surface area (Å²) in [6.07, 6.45) is 0. The van der Waals surface area contributed by atoms with Gasteiger partial charge in [0.25, 0.3) is 0 Å². The van der Waals surface area contributed by atoms with E-state index in [0.717, 1.165) is 4.31 Å². The average molecular weight is 397 g/mol. The van der Waals surface area contributed by atoms with Crippen LogP contribution in [0.3, 0.4) is 0 Å². The highest BCUT2D eigenvalue weighted by molar-refractivity contribution is 7.88. The number of carboxylic acid groups (broad SMARTS) is 1. The number of amides is 1. The number of hydrogen-bond acceptors (Lipinski definition) is 4. The summed E-state index contributed by atoms with van der Waals surface area (Å²) in [6, 6.07) is 3.28. The zero-order valence-electron chi connectivity index (χ0n) is 13.1. The molecule has 1 unspecified atom stereocenters. The normalized spacial score (nSPS) is 12.9. The van der Waals surface area contributed by atoms with Gasteiger partial charge < -0.3 is 10.4 Å². The van der Waals surface area contributed by atoms with Gasteiger partial charge in [-0.1, -0.05) is 29.3 Å². The number of benzene rings is 1. The van der Waals surface area contributed by atoms with Crippen molar-refractivity contribution in [2.45, 2.75) is 25.6 Å². The number of nitrogens with one attached hydrogen (secondary N) is 1. The summed E-state index contributed by atoms with van der Waals surface area (Å²) in [5, 5.41) is 11.9. The Kier molecular flexibility index (Phi) is 7.47. The average Bonchev–Trinajstić information content (AvgIpc) is 2.46. The van der Waals surface area contributed by atoms with Gasteiger partial charge in [-0.25, -0.2) is 8.42 Å². The summed E-state index contributed by atoms with van der Waals surface area (Å²) >= 11 is 12.0. The smallest absolute Gasteiger partial charge is 0.321 e. The quantitative estimate of drug-likeness (QED) is 0.696. The second-order valence-corrected chi connectivity index (χ2v) is 7.80. The van der Waals surface area contributed by atoms with Crippen molar-refractivity contribution in [1.29, 1.82) is 0 Å². The maximum Gasteiger partial charge on any atom is 0.321 e. The zero-order chi connectivity index (χ0) is 18.5. The molecule has 0 aromatic heterocycles. The molecule has 0 fully saturated rings. The largest absolute Gasteiger partial charge is 0.480 e. The number of carbonyl (C=O) groups is 2. The molecule has 1 atom stereocenters. The van der Waals surface area contributed by atoms with Crippen LogP contribution in [0.5, 0.6) is 0 Å². The first-order valence-corrected chi connectivity index (χ1v) is 9.32. The van der Waals surface area contributed by atoms with E-state index in [1.54, 1.807) is 6.07 Å². The monoisotopic (exact) mass is 396 g/mol. The van der Waals surface area contributed by atoms with Crippen LogP contribution >= 0.6 is 23.2 Å². The number of carbonyl (C=O) groups excluding carboxylic acids is 1. The number of nitrogens with zero attached hydrogens (tertiary/aromatic N) is 1. The van der Waals surface area contributed by atoms with Crippen LogP contribution in [0.15, 0.2) is 18.2 Å². The van der Waals surface area contributed by atoms with Crippen LogP contribution in [-0.4, -0.2) is 48.8 Å². The fourth-order valence-corrected chi connectivity index (χ4v) is 4.45. The summed E-state index contributed by atoms with van der Waals surface area (Å²) in [5.74, 6) is -2.18. The van der Waals surface area contributed by atoms with Crippen LogP contribution < -0.4 is 5.32 Å². The number of sulfonamides is 1. The SMILES string of the molecule is CC(=O)NCCN(C(C)C(=O)O)S(=O)(=O)Cc1c(Cl)cccc1Cl. The van der Waals surface area contributed by atoms with E-state index in [1.165, 1.54) is 26.0 Å². The highest BCUT2D eigenvalue weighted by Crippen LogP contribution is 2.27. The first-order valence-electron chi connectivity index (χ1n) is 6.96. The Morgan fingerprint density at radius 1 is 1.29 bits per heavy atom. The van der Waals surface area contributed by atoms with Gasteiger partial charge in [-0.15, -0.1) is 0 Å². The molecule has 0 bridgehead atoms. The van der Waals surface area contributed by atoms with Crippen molar-refractivity contribution in [2.75, 3.05) is 13.1 Å². The van der Waals surface area contributed by atoms with E-state index in [1.807, 2.05) is 0 Å².